The minimum absolute atomic E-state index is 0.315. The molecule has 86 valence electrons. The molecule has 1 atom stereocenters. The molecule has 0 aliphatic rings. The molecule has 0 fully saturated rings. The van der Waals surface area contributed by atoms with Crippen molar-refractivity contribution in [1.29, 1.82) is 0 Å². The Morgan fingerprint density at radius 3 is 2.62 bits per heavy atom. The Hall–Kier alpha value is -1.81. The Morgan fingerprint density at radius 2 is 2.06 bits per heavy atom. The number of methoxy groups -OCH3 is 1. The maximum absolute atomic E-state index is 10.9. The van der Waals surface area contributed by atoms with Crippen LogP contribution in [0.5, 0.6) is 0 Å². The first-order chi connectivity index (χ1) is 7.77. The van der Waals surface area contributed by atoms with Crippen LogP contribution >= 0.6 is 0 Å². The van der Waals surface area contributed by atoms with Crippen molar-refractivity contribution in [3.05, 3.63) is 48.0 Å². The number of hydrogen-bond donors (Lipinski definition) is 1. The minimum atomic E-state index is -0.620. The van der Waals surface area contributed by atoms with Gasteiger partial charge in [-0.15, -0.1) is 0 Å². The monoisotopic (exact) mass is 221 g/mol. The molecule has 0 aliphatic heterocycles. The van der Waals surface area contributed by atoms with Crippen molar-refractivity contribution in [2.75, 3.05) is 7.11 Å². The number of rotatable bonds is 4. The minimum Gasteiger partial charge on any atom is -0.451 e. The van der Waals surface area contributed by atoms with Gasteiger partial charge in [-0.1, -0.05) is 42.5 Å². The highest BCUT2D eigenvalue weighted by Crippen LogP contribution is 2.17. The summed E-state index contributed by atoms with van der Waals surface area (Å²) in [4.78, 5) is 16.1. The third-order valence-corrected chi connectivity index (χ3v) is 1.95. The number of benzene rings is 1. The van der Waals surface area contributed by atoms with E-state index in [-0.39, 0.29) is 6.10 Å². The number of carbonyl (C=O) groups is 1. The lowest BCUT2D eigenvalue weighted by Crippen LogP contribution is -2.25. The second-order valence-electron chi connectivity index (χ2n) is 3.07. The predicted octanol–water partition coefficient (Wildman–Crippen LogP) is 2.59. The molecule has 1 N–H and O–H groups in total. The Bertz CT molecular complexity index is 349. The smallest absolute Gasteiger partial charge is 0.431 e. The van der Waals surface area contributed by atoms with Crippen molar-refractivity contribution < 1.29 is 14.4 Å². The second kappa shape index (κ2) is 6.63. The van der Waals surface area contributed by atoms with Gasteiger partial charge in [-0.2, -0.15) is 5.48 Å². The van der Waals surface area contributed by atoms with Crippen LogP contribution in [0.3, 0.4) is 0 Å². The first kappa shape index (κ1) is 12.3. The van der Waals surface area contributed by atoms with Gasteiger partial charge in [-0.25, -0.2) is 4.79 Å². The molecule has 0 aliphatic carbocycles. The molecule has 0 spiro atoms. The van der Waals surface area contributed by atoms with Crippen LogP contribution in [0.1, 0.15) is 18.6 Å². The van der Waals surface area contributed by atoms with Crippen LogP contribution in [0.4, 0.5) is 4.79 Å². The van der Waals surface area contributed by atoms with Crippen molar-refractivity contribution in [3.63, 3.8) is 0 Å². The fourth-order valence-corrected chi connectivity index (χ4v) is 1.19. The molecule has 0 radical (unpaired) electrons. The molecule has 4 heteroatoms. The van der Waals surface area contributed by atoms with Crippen LogP contribution in [-0.2, 0) is 9.57 Å². The lowest BCUT2D eigenvalue weighted by molar-refractivity contribution is 0.00140. The zero-order valence-corrected chi connectivity index (χ0v) is 9.34. The fraction of sp³-hybridized carbons (Fsp3) is 0.250. The van der Waals surface area contributed by atoms with E-state index < -0.39 is 6.09 Å². The number of ether oxygens (including phenoxy) is 1. The zero-order chi connectivity index (χ0) is 11.8. The summed E-state index contributed by atoms with van der Waals surface area (Å²) in [6.45, 7) is 1.89. The summed E-state index contributed by atoms with van der Waals surface area (Å²) in [6, 6.07) is 9.58. The SMILES string of the molecule is C/C=C/C(ONC(=O)OC)c1ccccc1. The topological polar surface area (TPSA) is 47.6 Å². The van der Waals surface area contributed by atoms with E-state index in [1.165, 1.54) is 7.11 Å². The summed E-state index contributed by atoms with van der Waals surface area (Å²) in [6.07, 6.45) is 2.76. The lowest BCUT2D eigenvalue weighted by Gasteiger charge is -2.13. The molecule has 1 unspecified atom stereocenters. The van der Waals surface area contributed by atoms with Gasteiger partial charge in [0.2, 0.25) is 0 Å². The summed E-state index contributed by atoms with van der Waals surface area (Å²) in [5.74, 6) is 0. The van der Waals surface area contributed by atoms with Gasteiger partial charge in [0.05, 0.1) is 7.11 Å². The molecule has 1 aromatic rings. The highest BCUT2D eigenvalue weighted by atomic mass is 16.7. The van der Waals surface area contributed by atoms with E-state index >= 15 is 0 Å². The molecule has 0 saturated carbocycles. The molecule has 0 bridgehead atoms. The highest BCUT2D eigenvalue weighted by molar-refractivity contribution is 5.65. The molecule has 16 heavy (non-hydrogen) atoms. The number of hydrogen-bond acceptors (Lipinski definition) is 3. The van der Waals surface area contributed by atoms with Crippen LogP contribution in [-0.4, -0.2) is 13.2 Å². The molecule has 4 nitrogen and oxygen atoms in total. The van der Waals surface area contributed by atoms with E-state index in [1.807, 2.05) is 49.4 Å². The Kier molecular flexibility index (Phi) is 5.08. The summed E-state index contributed by atoms with van der Waals surface area (Å²) in [7, 11) is 1.28. The number of carbonyl (C=O) groups excluding carboxylic acids is 1. The fourth-order valence-electron chi connectivity index (χ4n) is 1.19. The molecule has 0 aromatic heterocycles. The second-order valence-corrected chi connectivity index (χ2v) is 3.07. The van der Waals surface area contributed by atoms with Crippen LogP contribution in [0.15, 0.2) is 42.5 Å². The summed E-state index contributed by atoms with van der Waals surface area (Å²) >= 11 is 0. The Balaban J connectivity index is 2.65. The van der Waals surface area contributed by atoms with Gasteiger partial charge in [-0.05, 0) is 12.5 Å². The summed E-state index contributed by atoms with van der Waals surface area (Å²) in [5, 5.41) is 0. The van der Waals surface area contributed by atoms with Crippen molar-refractivity contribution >= 4 is 6.09 Å². The van der Waals surface area contributed by atoms with Gasteiger partial charge >= 0.3 is 6.09 Å². The van der Waals surface area contributed by atoms with Gasteiger partial charge in [0.25, 0.3) is 0 Å². The quantitative estimate of drug-likeness (QED) is 0.628. The maximum Gasteiger partial charge on any atom is 0.431 e. The van der Waals surface area contributed by atoms with E-state index in [0.717, 1.165) is 5.56 Å². The molecular weight excluding hydrogens is 206 g/mol. The standard InChI is InChI=1S/C12H15NO3/c1-3-7-11(16-13-12(14)15-2)10-8-5-4-6-9-10/h3-9,11H,1-2H3,(H,13,14)/b7-3+. The van der Waals surface area contributed by atoms with Gasteiger partial charge in [0.15, 0.2) is 0 Å². The van der Waals surface area contributed by atoms with Crippen LogP contribution in [0, 0.1) is 0 Å². The van der Waals surface area contributed by atoms with Gasteiger partial charge in [-0.3, -0.25) is 4.84 Å². The average Bonchev–Trinajstić information content (AvgIpc) is 2.35. The first-order valence-corrected chi connectivity index (χ1v) is 4.95. The Morgan fingerprint density at radius 1 is 1.38 bits per heavy atom. The largest absolute Gasteiger partial charge is 0.451 e. The van der Waals surface area contributed by atoms with Crippen LogP contribution in [0.2, 0.25) is 0 Å². The number of amides is 1. The van der Waals surface area contributed by atoms with Gasteiger partial charge in [0.1, 0.15) is 6.10 Å². The van der Waals surface area contributed by atoms with E-state index in [0.29, 0.717) is 0 Å². The lowest BCUT2D eigenvalue weighted by atomic mass is 10.1. The van der Waals surface area contributed by atoms with Crippen LogP contribution < -0.4 is 5.48 Å². The number of hydroxylamine groups is 1. The van der Waals surface area contributed by atoms with Crippen molar-refractivity contribution in [2.45, 2.75) is 13.0 Å². The molecule has 1 rings (SSSR count). The predicted molar refractivity (Wildman–Crippen MR) is 60.6 cm³/mol. The number of allylic oxidation sites excluding steroid dienone is 1. The summed E-state index contributed by atoms with van der Waals surface area (Å²) in [5.41, 5.74) is 3.16. The number of nitrogens with one attached hydrogen (secondary N) is 1. The van der Waals surface area contributed by atoms with Crippen molar-refractivity contribution in [1.82, 2.24) is 5.48 Å². The van der Waals surface area contributed by atoms with E-state index in [9.17, 15) is 4.79 Å². The van der Waals surface area contributed by atoms with E-state index in [4.69, 9.17) is 4.84 Å². The van der Waals surface area contributed by atoms with E-state index in [1.54, 1.807) is 0 Å². The normalized spacial score (nSPS) is 12.4. The van der Waals surface area contributed by atoms with Crippen molar-refractivity contribution in [3.8, 4) is 0 Å². The summed E-state index contributed by atoms with van der Waals surface area (Å²) < 4.78 is 4.42. The Labute approximate surface area is 94.8 Å². The van der Waals surface area contributed by atoms with E-state index in [2.05, 4.69) is 10.2 Å². The molecule has 1 aromatic carbocycles. The third-order valence-electron chi connectivity index (χ3n) is 1.95. The van der Waals surface area contributed by atoms with Gasteiger partial charge < -0.3 is 4.74 Å². The molecule has 0 saturated heterocycles. The van der Waals surface area contributed by atoms with Crippen molar-refractivity contribution in [2.24, 2.45) is 0 Å². The first-order valence-electron chi connectivity index (χ1n) is 4.95. The maximum atomic E-state index is 10.9. The third kappa shape index (κ3) is 3.74. The highest BCUT2D eigenvalue weighted by Gasteiger charge is 2.09. The van der Waals surface area contributed by atoms with Gasteiger partial charge in [0, 0.05) is 0 Å². The molecule has 1 amide bonds. The molecule has 0 heterocycles. The zero-order valence-electron chi connectivity index (χ0n) is 9.34. The van der Waals surface area contributed by atoms with Crippen LogP contribution in [0.25, 0.3) is 0 Å². The average molecular weight is 221 g/mol. The molecular formula is C12H15NO3.